The number of aromatic nitrogens is 1. The molecule has 24 heavy (non-hydrogen) atoms. The summed E-state index contributed by atoms with van der Waals surface area (Å²) in [5, 5.41) is 6.80. The molecule has 136 valence electrons. The molecule has 0 bridgehead atoms. The van der Waals surface area contributed by atoms with E-state index in [1.54, 1.807) is 13.2 Å². The van der Waals surface area contributed by atoms with Crippen molar-refractivity contribution in [2.75, 3.05) is 53.0 Å². The van der Waals surface area contributed by atoms with Gasteiger partial charge in [-0.1, -0.05) is 25.9 Å². The van der Waals surface area contributed by atoms with E-state index in [9.17, 15) is 4.79 Å². The number of carbonyl (C=O) groups is 1. The van der Waals surface area contributed by atoms with Crippen molar-refractivity contribution in [1.29, 1.82) is 0 Å². The topological polar surface area (TPSA) is 70.8 Å². The second-order valence-electron chi connectivity index (χ2n) is 7.17. The molecule has 0 spiro atoms. The van der Waals surface area contributed by atoms with Crippen molar-refractivity contribution in [3.8, 4) is 0 Å². The molecule has 1 fully saturated rings. The van der Waals surface area contributed by atoms with E-state index in [2.05, 4.69) is 27.2 Å². The third-order valence-electron chi connectivity index (χ3n) is 4.35. The smallest absolute Gasteiger partial charge is 0.273 e. The predicted molar refractivity (Wildman–Crippen MR) is 91.9 cm³/mol. The van der Waals surface area contributed by atoms with Crippen LogP contribution in [0.4, 0.5) is 0 Å². The number of ether oxygens (including phenoxy) is 1. The summed E-state index contributed by atoms with van der Waals surface area (Å²) in [5.41, 5.74) is 0.223. The average molecular weight is 338 g/mol. The SMILES string of the molecule is CCN1CCN(Cc2cc(C(=O)NCC(C)(C)COC)no2)CC1. The molecule has 1 aromatic heterocycles. The van der Waals surface area contributed by atoms with Gasteiger partial charge in [0.2, 0.25) is 0 Å². The maximum absolute atomic E-state index is 12.2. The van der Waals surface area contributed by atoms with Gasteiger partial charge in [0.25, 0.3) is 5.91 Å². The largest absolute Gasteiger partial charge is 0.384 e. The van der Waals surface area contributed by atoms with Crippen LogP contribution in [0.3, 0.4) is 0 Å². The van der Waals surface area contributed by atoms with E-state index in [1.807, 2.05) is 13.8 Å². The van der Waals surface area contributed by atoms with Crippen molar-refractivity contribution in [1.82, 2.24) is 20.3 Å². The second-order valence-corrected chi connectivity index (χ2v) is 7.17. The number of amides is 1. The molecule has 7 nitrogen and oxygen atoms in total. The molecule has 1 amide bonds. The van der Waals surface area contributed by atoms with Crippen LogP contribution >= 0.6 is 0 Å². The zero-order valence-electron chi connectivity index (χ0n) is 15.3. The van der Waals surface area contributed by atoms with Crippen LogP contribution in [-0.4, -0.2) is 73.8 Å². The number of piperazine rings is 1. The second kappa shape index (κ2) is 8.60. The number of nitrogens with one attached hydrogen (secondary N) is 1. The van der Waals surface area contributed by atoms with Gasteiger partial charge in [-0.15, -0.1) is 0 Å². The number of hydrogen-bond acceptors (Lipinski definition) is 6. The van der Waals surface area contributed by atoms with Crippen LogP contribution in [0.15, 0.2) is 10.6 Å². The molecule has 0 unspecified atom stereocenters. The zero-order chi connectivity index (χ0) is 17.6. The van der Waals surface area contributed by atoms with Crippen LogP contribution in [0.25, 0.3) is 0 Å². The fraction of sp³-hybridized carbons (Fsp3) is 0.765. The summed E-state index contributed by atoms with van der Waals surface area (Å²) < 4.78 is 10.5. The van der Waals surface area contributed by atoms with Crippen molar-refractivity contribution < 1.29 is 14.1 Å². The molecular weight excluding hydrogens is 308 g/mol. The lowest BCUT2D eigenvalue weighted by molar-refractivity contribution is 0.0839. The Kier molecular flexibility index (Phi) is 6.77. The minimum absolute atomic E-state index is 0.115. The monoisotopic (exact) mass is 338 g/mol. The molecule has 1 N–H and O–H groups in total. The summed E-state index contributed by atoms with van der Waals surface area (Å²) in [6.45, 7) is 13.4. The molecule has 1 aliphatic heterocycles. The van der Waals surface area contributed by atoms with Crippen molar-refractivity contribution in [3.05, 3.63) is 17.5 Å². The summed E-state index contributed by atoms with van der Waals surface area (Å²) in [4.78, 5) is 16.9. The highest BCUT2D eigenvalue weighted by Crippen LogP contribution is 2.14. The van der Waals surface area contributed by atoms with Crippen LogP contribution in [0.5, 0.6) is 0 Å². The normalized spacial score (nSPS) is 17.2. The van der Waals surface area contributed by atoms with Crippen molar-refractivity contribution in [2.45, 2.75) is 27.3 Å². The van der Waals surface area contributed by atoms with Gasteiger partial charge in [-0.25, -0.2) is 0 Å². The Hall–Kier alpha value is -1.44. The molecule has 1 aliphatic rings. The van der Waals surface area contributed by atoms with Crippen LogP contribution < -0.4 is 5.32 Å². The van der Waals surface area contributed by atoms with Crippen LogP contribution in [0.1, 0.15) is 37.0 Å². The van der Waals surface area contributed by atoms with Crippen molar-refractivity contribution >= 4 is 5.91 Å². The summed E-state index contributed by atoms with van der Waals surface area (Å²) in [5.74, 6) is 0.534. The molecule has 1 aromatic rings. The van der Waals surface area contributed by atoms with E-state index >= 15 is 0 Å². The molecular formula is C17H30N4O3. The highest BCUT2D eigenvalue weighted by atomic mass is 16.5. The summed E-state index contributed by atoms with van der Waals surface area (Å²) in [6, 6.07) is 1.74. The number of hydrogen-bond donors (Lipinski definition) is 1. The standard InChI is InChI=1S/C17H30N4O3/c1-5-20-6-8-21(9-7-20)11-14-10-15(19-24-14)16(22)18-12-17(2,3)13-23-4/h10H,5-9,11-13H2,1-4H3,(H,18,22). The van der Waals surface area contributed by atoms with Gasteiger partial charge in [0.05, 0.1) is 13.2 Å². The molecule has 2 heterocycles. The summed E-state index contributed by atoms with van der Waals surface area (Å²) in [7, 11) is 1.66. The fourth-order valence-corrected chi connectivity index (χ4v) is 2.83. The lowest BCUT2D eigenvalue weighted by atomic mass is 9.95. The Morgan fingerprint density at radius 1 is 1.33 bits per heavy atom. The first kappa shape index (κ1) is 18.9. The lowest BCUT2D eigenvalue weighted by Gasteiger charge is -2.33. The Balaban J connectivity index is 1.81. The molecule has 0 radical (unpaired) electrons. The highest BCUT2D eigenvalue weighted by molar-refractivity contribution is 5.92. The molecule has 0 aliphatic carbocycles. The van der Waals surface area contributed by atoms with Gasteiger partial charge in [-0.05, 0) is 6.54 Å². The first-order valence-corrected chi connectivity index (χ1v) is 8.61. The van der Waals surface area contributed by atoms with E-state index < -0.39 is 0 Å². The third kappa shape index (κ3) is 5.58. The zero-order valence-corrected chi connectivity index (χ0v) is 15.3. The van der Waals surface area contributed by atoms with E-state index in [1.165, 1.54) is 0 Å². The van der Waals surface area contributed by atoms with Gasteiger partial charge in [0, 0.05) is 51.3 Å². The van der Waals surface area contributed by atoms with Gasteiger partial charge < -0.3 is 19.5 Å². The quantitative estimate of drug-likeness (QED) is 0.768. The number of carbonyl (C=O) groups excluding carboxylic acids is 1. The average Bonchev–Trinajstić information content (AvgIpc) is 3.02. The number of rotatable bonds is 8. The van der Waals surface area contributed by atoms with Gasteiger partial charge in [-0.2, -0.15) is 0 Å². The molecule has 7 heteroatoms. The van der Waals surface area contributed by atoms with Gasteiger partial charge >= 0.3 is 0 Å². The number of likely N-dealkylation sites (N-methyl/N-ethyl adjacent to an activating group) is 1. The maximum atomic E-state index is 12.2. The Morgan fingerprint density at radius 3 is 2.62 bits per heavy atom. The Morgan fingerprint density at radius 2 is 2.00 bits per heavy atom. The number of nitrogens with zero attached hydrogens (tertiary/aromatic N) is 3. The minimum atomic E-state index is -0.204. The lowest BCUT2D eigenvalue weighted by Crippen LogP contribution is -2.45. The van der Waals surface area contributed by atoms with E-state index in [4.69, 9.17) is 9.26 Å². The van der Waals surface area contributed by atoms with Crippen LogP contribution in [0.2, 0.25) is 0 Å². The first-order chi connectivity index (χ1) is 11.4. The van der Waals surface area contributed by atoms with Crippen LogP contribution in [0, 0.1) is 5.41 Å². The van der Waals surface area contributed by atoms with E-state index in [0.29, 0.717) is 25.4 Å². The van der Waals surface area contributed by atoms with Crippen molar-refractivity contribution in [3.63, 3.8) is 0 Å². The molecule has 1 saturated heterocycles. The third-order valence-corrected chi connectivity index (χ3v) is 4.35. The van der Waals surface area contributed by atoms with Gasteiger partial charge in [-0.3, -0.25) is 9.69 Å². The fourth-order valence-electron chi connectivity index (χ4n) is 2.83. The molecule has 0 aromatic carbocycles. The molecule has 0 atom stereocenters. The number of methoxy groups -OCH3 is 1. The van der Waals surface area contributed by atoms with Gasteiger partial charge in [0.1, 0.15) is 0 Å². The highest BCUT2D eigenvalue weighted by Gasteiger charge is 2.22. The Bertz CT molecular complexity index is 522. The predicted octanol–water partition coefficient (Wildman–Crippen LogP) is 1.21. The molecule has 0 saturated carbocycles. The molecule has 2 rings (SSSR count). The van der Waals surface area contributed by atoms with Crippen LogP contribution in [-0.2, 0) is 11.3 Å². The maximum Gasteiger partial charge on any atom is 0.273 e. The summed E-state index contributed by atoms with van der Waals surface area (Å²) in [6.07, 6.45) is 0. The first-order valence-electron chi connectivity index (χ1n) is 8.61. The minimum Gasteiger partial charge on any atom is -0.384 e. The van der Waals surface area contributed by atoms with E-state index in [-0.39, 0.29) is 11.3 Å². The van der Waals surface area contributed by atoms with E-state index in [0.717, 1.165) is 38.5 Å². The summed E-state index contributed by atoms with van der Waals surface area (Å²) >= 11 is 0. The van der Waals surface area contributed by atoms with Gasteiger partial charge in [0.15, 0.2) is 11.5 Å². The Labute approximate surface area is 144 Å². The van der Waals surface area contributed by atoms with Crippen molar-refractivity contribution in [2.24, 2.45) is 5.41 Å².